The van der Waals surface area contributed by atoms with Crippen LogP contribution in [0.15, 0.2) is 30.5 Å². The number of hydrogen-bond donors (Lipinski definition) is 2. The Bertz CT molecular complexity index is 734. The molecule has 23 heavy (non-hydrogen) atoms. The summed E-state index contributed by atoms with van der Waals surface area (Å²) in [5.41, 5.74) is 1.00. The van der Waals surface area contributed by atoms with Crippen molar-refractivity contribution in [2.75, 3.05) is 5.32 Å². The van der Waals surface area contributed by atoms with E-state index in [-0.39, 0.29) is 11.7 Å². The molecule has 1 saturated carbocycles. The third kappa shape index (κ3) is 3.80. The lowest BCUT2D eigenvalue weighted by molar-refractivity contribution is 0.246. The molecule has 2 amide bonds. The van der Waals surface area contributed by atoms with Crippen molar-refractivity contribution in [3.8, 4) is 0 Å². The molecule has 1 aromatic carbocycles. The highest BCUT2D eigenvalue weighted by Gasteiger charge is 2.35. The van der Waals surface area contributed by atoms with Gasteiger partial charge in [0.1, 0.15) is 0 Å². The first-order valence-corrected chi connectivity index (χ1v) is 7.35. The van der Waals surface area contributed by atoms with Gasteiger partial charge >= 0.3 is 6.03 Å². The summed E-state index contributed by atoms with van der Waals surface area (Å²) >= 11 is 0. The topological polar surface area (TPSA) is 66.9 Å². The van der Waals surface area contributed by atoms with E-state index < -0.39 is 17.7 Å². The van der Waals surface area contributed by atoms with Crippen molar-refractivity contribution in [2.24, 2.45) is 5.92 Å². The highest BCUT2D eigenvalue weighted by molar-refractivity contribution is 5.89. The first kappa shape index (κ1) is 15.3. The van der Waals surface area contributed by atoms with Gasteiger partial charge in [-0.1, -0.05) is 0 Å². The quantitative estimate of drug-likeness (QED) is 0.908. The number of carbonyl (C=O) groups excluding carboxylic acids is 1. The largest absolute Gasteiger partial charge is 0.328 e. The fourth-order valence-corrected chi connectivity index (χ4v) is 2.32. The number of rotatable bonds is 4. The Kier molecular flexibility index (Phi) is 4.18. The van der Waals surface area contributed by atoms with Gasteiger partial charge in [0.05, 0.1) is 6.04 Å². The minimum atomic E-state index is -1.01. The maximum atomic E-state index is 13.2. The van der Waals surface area contributed by atoms with E-state index >= 15 is 0 Å². The van der Waals surface area contributed by atoms with E-state index in [9.17, 15) is 13.6 Å². The summed E-state index contributed by atoms with van der Waals surface area (Å²) in [5.74, 6) is -1.11. The number of anilines is 1. The van der Waals surface area contributed by atoms with Crippen molar-refractivity contribution in [2.45, 2.75) is 25.8 Å². The minimum absolute atomic E-state index is 0.182. The molecule has 0 saturated heterocycles. The zero-order valence-corrected chi connectivity index (χ0v) is 12.5. The molecule has 0 bridgehead atoms. The van der Waals surface area contributed by atoms with Crippen molar-refractivity contribution in [1.29, 1.82) is 0 Å². The molecule has 5 nitrogen and oxygen atoms in total. The second kappa shape index (κ2) is 6.28. The number of amides is 2. The Morgan fingerprint density at radius 1 is 1.26 bits per heavy atom. The lowest BCUT2D eigenvalue weighted by Crippen LogP contribution is -2.34. The lowest BCUT2D eigenvalue weighted by atomic mass is 10.1. The fraction of sp³-hybridized carbons (Fsp3) is 0.312. The van der Waals surface area contributed by atoms with E-state index in [1.165, 1.54) is 6.07 Å². The Labute approximate surface area is 132 Å². The van der Waals surface area contributed by atoms with Crippen LogP contribution in [0.5, 0.6) is 0 Å². The average Bonchev–Trinajstić information content (AvgIpc) is 3.33. The highest BCUT2D eigenvalue weighted by atomic mass is 19.2. The molecule has 7 heteroatoms. The summed E-state index contributed by atoms with van der Waals surface area (Å²) in [7, 11) is 0. The lowest BCUT2D eigenvalue weighted by Gasteiger charge is -2.17. The van der Waals surface area contributed by atoms with Crippen LogP contribution in [0.25, 0.3) is 0 Å². The predicted molar refractivity (Wildman–Crippen MR) is 80.7 cm³/mol. The molecule has 1 fully saturated rings. The van der Waals surface area contributed by atoms with E-state index in [4.69, 9.17) is 0 Å². The van der Waals surface area contributed by atoms with Crippen LogP contribution < -0.4 is 10.6 Å². The van der Waals surface area contributed by atoms with E-state index in [1.54, 1.807) is 12.3 Å². The molecule has 1 atom stereocenters. The molecule has 2 aromatic rings. The minimum Gasteiger partial charge on any atom is -0.328 e. The molecule has 1 aliphatic carbocycles. The number of nitrogens with one attached hydrogen (secondary N) is 2. The van der Waals surface area contributed by atoms with Gasteiger partial charge in [0.15, 0.2) is 17.5 Å². The maximum absolute atomic E-state index is 13.2. The molecule has 0 unspecified atom stereocenters. The molecule has 0 radical (unpaired) electrons. The Morgan fingerprint density at radius 3 is 2.70 bits per heavy atom. The summed E-state index contributed by atoms with van der Waals surface area (Å²) in [6.45, 7) is 1.86. The summed E-state index contributed by atoms with van der Waals surface area (Å²) in [6.07, 6.45) is 3.64. The highest BCUT2D eigenvalue weighted by Crippen LogP contribution is 2.39. The fourth-order valence-electron chi connectivity index (χ4n) is 2.32. The molecular weight excluding hydrogens is 302 g/mol. The third-order valence-electron chi connectivity index (χ3n) is 3.65. The number of hydrogen-bond acceptors (Lipinski definition) is 3. The van der Waals surface area contributed by atoms with Crippen molar-refractivity contribution in [3.05, 3.63) is 53.6 Å². The molecule has 3 rings (SSSR count). The van der Waals surface area contributed by atoms with E-state index in [0.717, 1.165) is 30.7 Å². The average molecular weight is 318 g/mol. The maximum Gasteiger partial charge on any atom is 0.319 e. The summed E-state index contributed by atoms with van der Waals surface area (Å²) in [6, 6.07) is 4.19. The van der Waals surface area contributed by atoms with Crippen LogP contribution in [-0.4, -0.2) is 16.0 Å². The van der Waals surface area contributed by atoms with Crippen LogP contribution in [0.2, 0.25) is 0 Å². The standard InChI is InChI=1S/C16H16F2N4O/c1-9-6-7-19-15(20-9)14(10-2-3-10)22-16(23)21-11-4-5-12(17)13(18)8-11/h4-8,10,14H,2-3H2,1H3,(H2,21,22,23)/t14-/m1/s1. The smallest absolute Gasteiger partial charge is 0.319 e. The Balaban J connectivity index is 1.70. The van der Waals surface area contributed by atoms with Gasteiger partial charge in [-0.3, -0.25) is 0 Å². The van der Waals surface area contributed by atoms with Crippen LogP contribution >= 0.6 is 0 Å². The van der Waals surface area contributed by atoms with Gasteiger partial charge in [0.25, 0.3) is 0 Å². The third-order valence-corrected chi connectivity index (χ3v) is 3.65. The molecule has 120 valence electrons. The van der Waals surface area contributed by atoms with E-state index in [2.05, 4.69) is 20.6 Å². The molecule has 1 aliphatic rings. The second-order valence-electron chi connectivity index (χ2n) is 5.60. The molecule has 0 spiro atoms. The van der Waals surface area contributed by atoms with Gasteiger partial charge < -0.3 is 10.6 Å². The zero-order valence-electron chi connectivity index (χ0n) is 12.5. The Morgan fingerprint density at radius 2 is 2.04 bits per heavy atom. The monoisotopic (exact) mass is 318 g/mol. The number of carbonyl (C=O) groups is 1. The molecule has 2 N–H and O–H groups in total. The van der Waals surface area contributed by atoms with Gasteiger partial charge in [0, 0.05) is 23.6 Å². The van der Waals surface area contributed by atoms with E-state index in [0.29, 0.717) is 11.7 Å². The van der Waals surface area contributed by atoms with Crippen LogP contribution in [-0.2, 0) is 0 Å². The molecular formula is C16H16F2N4O. The predicted octanol–water partition coefficient (Wildman–Crippen LogP) is 3.34. The second-order valence-corrected chi connectivity index (χ2v) is 5.60. The van der Waals surface area contributed by atoms with Crippen molar-refractivity contribution >= 4 is 11.7 Å². The van der Waals surface area contributed by atoms with Gasteiger partial charge in [-0.05, 0) is 43.9 Å². The number of benzene rings is 1. The summed E-state index contributed by atoms with van der Waals surface area (Å²) in [5, 5.41) is 5.31. The number of halogens is 2. The number of urea groups is 1. The zero-order chi connectivity index (χ0) is 16.4. The summed E-state index contributed by atoms with van der Waals surface area (Å²) in [4.78, 5) is 20.7. The first-order chi connectivity index (χ1) is 11.0. The van der Waals surface area contributed by atoms with Crippen molar-refractivity contribution in [3.63, 3.8) is 0 Å². The van der Waals surface area contributed by atoms with Crippen molar-refractivity contribution in [1.82, 2.24) is 15.3 Å². The van der Waals surface area contributed by atoms with Gasteiger partial charge in [-0.25, -0.2) is 23.5 Å². The van der Waals surface area contributed by atoms with Crippen LogP contribution in [0, 0.1) is 24.5 Å². The SMILES string of the molecule is Cc1ccnc([C@H](NC(=O)Nc2ccc(F)c(F)c2)C2CC2)n1. The van der Waals surface area contributed by atoms with Crippen LogP contribution in [0.4, 0.5) is 19.3 Å². The molecule has 0 aliphatic heterocycles. The number of aromatic nitrogens is 2. The van der Waals surface area contributed by atoms with Crippen LogP contribution in [0.3, 0.4) is 0 Å². The van der Waals surface area contributed by atoms with Gasteiger partial charge in [-0.15, -0.1) is 0 Å². The van der Waals surface area contributed by atoms with E-state index in [1.807, 2.05) is 6.92 Å². The molecule has 1 heterocycles. The normalized spacial score (nSPS) is 15.1. The Hall–Kier alpha value is -2.57. The number of aryl methyl sites for hydroxylation is 1. The van der Waals surface area contributed by atoms with Gasteiger partial charge in [-0.2, -0.15) is 0 Å². The molecule has 1 aromatic heterocycles. The van der Waals surface area contributed by atoms with Crippen LogP contribution in [0.1, 0.15) is 30.4 Å². The van der Waals surface area contributed by atoms with Crippen molar-refractivity contribution < 1.29 is 13.6 Å². The van der Waals surface area contributed by atoms with Gasteiger partial charge in [0.2, 0.25) is 0 Å². The number of nitrogens with zero attached hydrogens (tertiary/aromatic N) is 2. The first-order valence-electron chi connectivity index (χ1n) is 7.35. The summed E-state index contributed by atoms with van der Waals surface area (Å²) < 4.78 is 26.1.